The van der Waals surface area contributed by atoms with Crippen LogP contribution in [0.4, 0.5) is 4.39 Å². The van der Waals surface area contributed by atoms with E-state index < -0.39 is 6.04 Å². The molecule has 0 spiro atoms. The Hall–Kier alpha value is -3.12. The van der Waals surface area contributed by atoms with Gasteiger partial charge in [-0.1, -0.05) is 85.3 Å². The van der Waals surface area contributed by atoms with Crippen LogP contribution in [0.15, 0.2) is 78.9 Å². The molecule has 0 bridgehead atoms. The Morgan fingerprint density at radius 3 is 2.36 bits per heavy atom. The molecule has 0 heterocycles. The second kappa shape index (κ2) is 13.8. The van der Waals surface area contributed by atoms with Crippen molar-refractivity contribution in [3.8, 4) is 0 Å². The standard InChI is InChI=1S/C30H35FN2O2S/c1-4-23(3)32-30(35)28(18-24-12-6-5-7-13-24)33(19-26-15-8-9-16-27(26)31)29(34)21-36-20-25-14-10-11-22(2)17-25/h5-17,23,28H,4,18-21H2,1-3H3,(H,32,35). The normalized spacial score (nSPS) is 12.6. The summed E-state index contributed by atoms with van der Waals surface area (Å²) in [5.74, 6) is 0.0921. The summed E-state index contributed by atoms with van der Waals surface area (Å²) in [4.78, 5) is 28.6. The topological polar surface area (TPSA) is 49.4 Å². The number of hydrogen-bond acceptors (Lipinski definition) is 3. The molecule has 3 aromatic carbocycles. The highest BCUT2D eigenvalue weighted by Crippen LogP contribution is 2.20. The molecule has 0 aromatic heterocycles. The third kappa shape index (κ3) is 8.23. The van der Waals surface area contributed by atoms with Gasteiger partial charge in [0.15, 0.2) is 0 Å². The minimum atomic E-state index is -0.756. The monoisotopic (exact) mass is 506 g/mol. The fourth-order valence-electron chi connectivity index (χ4n) is 3.95. The predicted molar refractivity (Wildman–Crippen MR) is 146 cm³/mol. The zero-order valence-electron chi connectivity index (χ0n) is 21.2. The Bertz CT molecular complexity index is 1140. The first-order chi connectivity index (χ1) is 17.4. The maximum absolute atomic E-state index is 14.6. The lowest BCUT2D eigenvalue weighted by molar-refractivity contribution is -0.139. The van der Waals surface area contributed by atoms with Crippen LogP contribution in [-0.4, -0.2) is 34.6 Å². The molecular formula is C30H35FN2O2S. The zero-order valence-corrected chi connectivity index (χ0v) is 22.1. The van der Waals surface area contributed by atoms with Crippen LogP contribution in [0.3, 0.4) is 0 Å². The second-order valence-corrected chi connectivity index (χ2v) is 10.1. The minimum absolute atomic E-state index is 0.0297. The summed E-state index contributed by atoms with van der Waals surface area (Å²) in [6, 6.07) is 23.5. The molecule has 0 aliphatic rings. The van der Waals surface area contributed by atoms with Crippen molar-refractivity contribution in [1.29, 1.82) is 0 Å². The number of carbonyl (C=O) groups is 2. The number of thioether (sulfide) groups is 1. The van der Waals surface area contributed by atoms with Crippen molar-refractivity contribution < 1.29 is 14.0 Å². The Kier molecular flexibility index (Phi) is 10.6. The van der Waals surface area contributed by atoms with Gasteiger partial charge in [-0.05, 0) is 37.5 Å². The number of nitrogens with zero attached hydrogens (tertiary/aromatic N) is 1. The molecule has 2 unspecified atom stereocenters. The number of nitrogens with one attached hydrogen (secondary N) is 1. The molecule has 0 radical (unpaired) electrons. The molecule has 0 saturated heterocycles. The van der Waals surface area contributed by atoms with E-state index in [1.807, 2.05) is 69.3 Å². The van der Waals surface area contributed by atoms with Gasteiger partial charge in [0.25, 0.3) is 0 Å². The van der Waals surface area contributed by atoms with Gasteiger partial charge in [0, 0.05) is 30.3 Å². The zero-order chi connectivity index (χ0) is 25.9. The van der Waals surface area contributed by atoms with Gasteiger partial charge in [-0.2, -0.15) is 0 Å². The van der Waals surface area contributed by atoms with Gasteiger partial charge in [-0.3, -0.25) is 9.59 Å². The van der Waals surface area contributed by atoms with Gasteiger partial charge in [-0.15, -0.1) is 11.8 Å². The molecule has 190 valence electrons. The average Bonchev–Trinajstić information content (AvgIpc) is 2.87. The summed E-state index contributed by atoms with van der Waals surface area (Å²) in [6.45, 7) is 6.01. The maximum atomic E-state index is 14.6. The number of aryl methyl sites for hydroxylation is 1. The van der Waals surface area contributed by atoms with Gasteiger partial charge in [0.1, 0.15) is 11.9 Å². The first-order valence-corrected chi connectivity index (χ1v) is 13.5. The average molecular weight is 507 g/mol. The number of rotatable bonds is 12. The van der Waals surface area contributed by atoms with Crippen LogP contribution in [0, 0.1) is 12.7 Å². The van der Waals surface area contributed by atoms with Gasteiger partial charge in [-0.25, -0.2) is 4.39 Å². The maximum Gasteiger partial charge on any atom is 0.243 e. The summed E-state index contributed by atoms with van der Waals surface area (Å²) < 4.78 is 14.6. The van der Waals surface area contributed by atoms with Crippen LogP contribution < -0.4 is 5.32 Å². The first-order valence-electron chi connectivity index (χ1n) is 12.4. The highest BCUT2D eigenvalue weighted by atomic mass is 32.2. The molecule has 3 aromatic rings. The Labute approximate surface area is 218 Å². The van der Waals surface area contributed by atoms with E-state index in [0.29, 0.717) is 17.7 Å². The van der Waals surface area contributed by atoms with Crippen LogP contribution in [0.5, 0.6) is 0 Å². The molecule has 4 nitrogen and oxygen atoms in total. The Balaban J connectivity index is 1.86. The number of carbonyl (C=O) groups excluding carboxylic acids is 2. The molecular weight excluding hydrogens is 471 g/mol. The van der Waals surface area contributed by atoms with Crippen LogP contribution in [0.2, 0.25) is 0 Å². The van der Waals surface area contributed by atoms with Crippen LogP contribution in [0.25, 0.3) is 0 Å². The van der Waals surface area contributed by atoms with Gasteiger partial charge in [0.2, 0.25) is 11.8 Å². The van der Waals surface area contributed by atoms with Crippen molar-refractivity contribution >= 4 is 23.6 Å². The van der Waals surface area contributed by atoms with E-state index in [-0.39, 0.29) is 36.0 Å². The third-order valence-electron chi connectivity index (χ3n) is 6.15. The number of halogens is 1. The van der Waals surface area contributed by atoms with Crippen molar-refractivity contribution in [3.05, 3.63) is 107 Å². The van der Waals surface area contributed by atoms with Gasteiger partial charge < -0.3 is 10.2 Å². The molecule has 0 aliphatic carbocycles. The van der Waals surface area contributed by atoms with Crippen LogP contribution in [-0.2, 0) is 28.3 Å². The van der Waals surface area contributed by atoms with E-state index in [1.54, 1.807) is 23.1 Å². The molecule has 0 aliphatic heterocycles. The summed E-state index contributed by atoms with van der Waals surface area (Å²) in [6.07, 6.45) is 1.13. The lowest BCUT2D eigenvalue weighted by atomic mass is 10.0. The molecule has 3 rings (SSSR count). The van der Waals surface area contributed by atoms with Gasteiger partial charge >= 0.3 is 0 Å². The fraction of sp³-hybridized carbons (Fsp3) is 0.333. The summed E-state index contributed by atoms with van der Waals surface area (Å²) >= 11 is 1.50. The van der Waals surface area contributed by atoms with E-state index in [2.05, 4.69) is 11.4 Å². The van der Waals surface area contributed by atoms with Crippen LogP contribution in [0.1, 0.15) is 42.5 Å². The second-order valence-electron chi connectivity index (χ2n) is 9.12. The minimum Gasteiger partial charge on any atom is -0.352 e. The fourth-order valence-corrected chi connectivity index (χ4v) is 4.80. The Morgan fingerprint density at radius 2 is 1.67 bits per heavy atom. The predicted octanol–water partition coefficient (Wildman–Crippen LogP) is 5.92. The lowest BCUT2D eigenvalue weighted by Gasteiger charge is -2.32. The van der Waals surface area contributed by atoms with Crippen molar-refractivity contribution in [2.45, 2.75) is 58.0 Å². The van der Waals surface area contributed by atoms with Crippen molar-refractivity contribution in [3.63, 3.8) is 0 Å². The van der Waals surface area contributed by atoms with Crippen molar-refractivity contribution in [2.75, 3.05) is 5.75 Å². The third-order valence-corrected chi connectivity index (χ3v) is 7.14. The molecule has 1 N–H and O–H groups in total. The summed E-state index contributed by atoms with van der Waals surface area (Å²) in [5.41, 5.74) is 3.65. The lowest BCUT2D eigenvalue weighted by Crippen LogP contribution is -2.52. The highest BCUT2D eigenvalue weighted by Gasteiger charge is 2.31. The highest BCUT2D eigenvalue weighted by molar-refractivity contribution is 7.99. The van der Waals surface area contributed by atoms with E-state index in [0.717, 1.165) is 17.5 Å². The molecule has 0 fully saturated rings. The molecule has 36 heavy (non-hydrogen) atoms. The molecule has 0 saturated carbocycles. The largest absolute Gasteiger partial charge is 0.352 e. The van der Waals surface area contributed by atoms with Gasteiger partial charge in [0.05, 0.1) is 5.75 Å². The molecule has 2 atom stereocenters. The molecule has 6 heteroatoms. The van der Waals surface area contributed by atoms with Crippen LogP contribution >= 0.6 is 11.8 Å². The van der Waals surface area contributed by atoms with Crippen molar-refractivity contribution in [2.24, 2.45) is 0 Å². The number of hydrogen-bond donors (Lipinski definition) is 1. The Morgan fingerprint density at radius 1 is 0.972 bits per heavy atom. The van der Waals surface area contributed by atoms with E-state index >= 15 is 0 Å². The smallest absolute Gasteiger partial charge is 0.243 e. The number of benzene rings is 3. The van der Waals surface area contributed by atoms with E-state index in [9.17, 15) is 14.0 Å². The summed E-state index contributed by atoms with van der Waals surface area (Å²) in [7, 11) is 0. The first kappa shape index (κ1) is 27.5. The number of amides is 2. The summed E-state index contributed by atoms with van der Waals surface area (Å²) in [5, 5.41) is 3.04. The quantitative estimate of drug-likeness (QED) is 0.332. The van der Waals surface area contributed by atoms with Crippen molar-refractivity contribution in [1.82, 2.24) is 10.2 Å². The van der Waals surface area contributed by atoms with E-state index in [4.69, 9.17) is 0 Å². The molecule has 2 amide bonds. The SMILES string of the molecule is CCC(C)NC(=O)C(Cc1ccccc1)N(Cc1ccccc1F)C(=O)CSCc1cccc(C)c1. The van der Waals surface area contributed by atoms with E-state index in [1.165, 1.54) is 23.4 Å².